The average Bonchev–Trinajstić information content (AvgIpc) is 3.46. The van der Waals surface area contributed by atoms with Crippen molar-refractivity contribution in [2.75, 3.05) is 18.4 Å². The van der Waals surface area contributed by atoms with Crippen LogP contribution in [-0.4, -0.2) is 51.5 Å². The molecule has 1 aromatic carbocycles. The smallest absolute Gasteiger partial charge is 0.262 e. The minimum Gasteiger partial charge on any atom is -0.336 e. The van der Waals surface area contributed by atoms with Crippen LogP contribution in [0, 0.1) is 5.92 Å². The molecule has 9 heteroatoms. The minimum absolute atomic E-state index is 0.00894. The fourth-order valence-electron chi connectivity index (χ4n) is 3.63. The monoisotopic (exact) mass is 410 g/mol. The fourth-order valence-corrected chi connectivity index (χ4v) is 4.66. The number of benzene rings is 1. The van der Waals surface area contributed by atoms with Crippen molar-refractivity contribution >= 4 is 40.1 Å². The van der Waals surface area contributed by atoms with Crippen LogP contribution in [0.3, 0.4) is 0 Å². The molecule has 3 aliphatic rings. The van der Waals surface area contributed by atoms with Crippen LogP contribution in [0.25, 0.3) is 0 Å². The second-order valence-corrected chi connectivity index (χ2v) is 8.54. The lowest BCUT2D eigenvalue weighted by molar-refractivity contribution is -0.132. The summed E-state index contributed by atoms with van der Waals surface area (Å²) in [5.41, 5.74) is 1.57. The molecule has 0 radical (unpaired) electrons. The van der Waals surface area contributed by atoms with Crippen molar-refractivity contribution in [2.45, 2.75) is 25.8 Å². The number of imide groups is 1. The van der Waals surface area contributed by atoms with E-state index in [9.17, 15) is 19.2 Å². The Kier molecular flexibility index (Phi) is 4.20. The highest BCUT2D eigenvalue weighted by Gasteiger charge is 2.37. The Bertz CT molecular complexity index is 1020. The maximum Gasteiger partial charge on any atom is 0.262 e. The third kappa shape index (κ3) is 3.21. The van der Waals surface area contributed by atoms with Crippen LogP contribution in [0.2, 0.25) is 0 Å². The molecule has 1 aliphatic carbocycles. The molecule has 3 heterocycles. The Morgan fingerprint density at radius 2 is 1.83 bits per heavy atom. The Balaban J connectivity index is 1.25. The average molecular weight is 410 g/mol. The van der Waals surface area contributed by atoms with Gasteiger partial charge in [0.05, 0.1) is 23.4 Å². The summed E-state index contributed by atoms with van der Waals surface area (Å²) in [6, 6.07) is 6.60. The normalized spacial score (nSPS) is 17.9. The van der Waals surface area contributed by atoms with Gasteiger partial charge in [-0.3, -0.25) is 24.1 Å². The van der Waals surface area contributed by atoms with E-state index >= 15 is 0 Å². The number of rotatable bonds is 4. The first-order chi connectivity index (χ1) is 14.0. The Hall–Kier alpha value is -3.07. The number of thiazole rings is 1. The van der Waals surface area contributed by atoms with Crippen molar-refractivity contribution in [3.63, 3.8) is 0 Å². The number of hydrogen-bond donors (Lipinski definition) is 1. The third-order valence-electron chi connectivity index (χ3n) is 5.43. The van der Waals surface area contributed by atoms with E-state index in [2.05, 4.69) is 10.3 Å². The summed E-state index contributed by atoms with van der Waals surface area (Å²) >= 11 is 1.38. The number of carbonyl (C=O) groups is 4. The van der Waals surface area contributed by atoms with E-state index in [-0.39, 0.29) is 24.3 Å². The van der Waals surface area contributed by atoms with Gasteiger partial charge in [-0.15, -0.1) is 0 Å². The highest BCUT2D eigenvalue weighted by Crippen LogP contribution is 2.33. The number of carbonyl (C=O) groups excluding carboxylic acids is 4. The number of anilines is 1. The molecule has 4 amide bonds. The number of nitrogens with zero attached hydrogens (tertiary/aromatic N) is 3. The van der Waals surface area contributed by atoms with Gasteiger partial charge < -0.3 is 10.2 Å². The molecule has 0 bridgehead atoms. The maximum absolute atomic E-state index is 12.8. The van der Waals surface area contributed by atoms with Crippen molar-refractivity contribution in [3.05, 3.63) is 46.0 Å². The van der Waals surface area contributed by atoms with E-state index in [4.69, 9.17) is 0 Å². The standard InChI is InChI=1S/C20H18N4O4S/c25-16(10-24-18(27)12-3-1-2-4-13(12)19(24)28)23-8-7-14-15(9-23)29-20(21-14)22-17(26)11-5-6-11/h1-4,11H,5-10H2,(H,21,22,26). The van der Waals surface area contributed by atoms with E-state index in [1.54, 1.807) is 29.2 Å². The first kappa shape index (κ1) is 18.0. The predicted octanol–water partition coefficient (Wildman–Crippen LogP) is 1.67. The van der Waals surface area contributed by atoms with Gasteiger partial charge in [-0.2, -0.15) is 0 Å². The lowest BCUT2D eigenvalue weighted by Crippen LogP contribution is -2.44. The zero-order valence-electron chi connectivity index (χ0n) is 15.5. The van der Waals surface area contributed by atoms with E-state index in [0.29, 0.717) is 35.8 Å². The molecule has 2 aliphatic heterocycles. The highest BCUT2D eigenvalue weighted by atomic mass is 32.1. The largest absolute Gasteiger partial charge is 0.336 e. The second-order valence-electron chi connectivity index (χ2n) is 7.46. The van der Waals surface area contributed by atoms with Gasteiger partial charge in [-0.05, 0) is 25.0 Å². The zero-order chi connectivity index (χ0) is 20.1. The molecule has 0 atom stereocenters. The molecule has 0 saturated heterocycles. The molecular weight excluding hydrogens is 392 g/mol. The van der Waals surface area contributed by atoms with Gasteiger partial charge in [-0.25, -0.2) is 4.98 Å². The molecule has 0 unspecified atom stereocenters. The summed E-state index contributed by atoms with van der Waals surface area (Å²) in [4.78, 5) is 57.7. The summed E-state index contributed by atoms with van der Waals surface area (Å²) in [5, 5.41) is 3.42. The summed E-state index contributed by atoms with van der Waals surface area (Å²) < 4.78 is 0. The van der Waals surface area contributed by atoms with E-state index in [0.717, 1.165) is 28.3 Å². The van der Waals surface area contributed by atoms with Crippen molar-refractivity contribution in [1.82, 2.24) is 14.8 Å². The molecule has 8 nitrogen and oxygen atoms in total. The number of fused-ring (bicyclic) bond motifs is 2. The molecule has 1 N–H and O–H groups in total. The van der Waals surface area contributed by atoms with Crippen LogP contribution in [0.4, 0.5) is 5.13 Å². The third-order valence-corrected chi connectivity index (χ3v) is 6.43. The van der Waals surface area contributed by atoms with Gasteiger partial charge in [-0.1, -0.05) is 23.5 Å². The van der Waals surface area contributed by atoms with Gasteiger partial charge in [0.15, 0.2) is 5.13 Å². The Morgan fingerprint density at radius 1 is 1.14 bits per heavy atom. The van der Waals surface area contributed by atoms with Crippen molar-refractivity contribution in [3.8, 4) is 0 Å². The van der Waals surface area contributed by atoms with Crippen molar-refractivity contribution in [2.24, 2.45) is 5.92 Å². The van der Waals surface area contributed by atoms with Crippen LogP contribution >= 0.6 is 11.3 Å². The molecule has 1 saturated carbocycles. The molecule has 29 heavy (non-hydrogen) atoms. The lowest BCUT2D eigenvalue weighted by Gasteiger charge is -2.27. The SMILES string of the molecule is O=C(Nc1nc2c(s1)CN(C(=O)CN1C(=O)c3ccccc3C1=O)CC2)C1CC1. The van der Waals surface area contributed by atoms with E-state index < -0.39 is 11.8 Å². The van der Waals surface area contributed by atoms with Crippen LogP contribution in [0.15, 0.2) is 24.3 Å². The summed E-state index contributed by atoms with van der Waals surface area (Å²) in [5.74, 6) is -1.02. The second kappa shape index (κ2) is 6.77. The van der Waals surface area contributed by atoms with E-state index in [1.165, 1.54) is 11.3 Å². The van der Waals surface area contributed by atoms with Gasteiger partial charge in [0.1, 0.15) is 6.54 Å². The summed E-state index contributed by atoms with van der Waals surface area (Å²) in [6.07, 6.45) is 2.44. The number of hydrogen-bond acceptors (Lipinski definition) is 6. The molecule has 1 fully saturated rings. The number of aromatic nitrogens is 1. The Morgan fingerprint density at radius 3 is 2.48 bits per heavy atom. The molecule has 2 aromatic rings. The van der Waals surface area contributed by atoms with Crippen LogP contribution in [0.5, 0.6) is 0 Å². The van der Waals surface area contributed by atoms with Gasteiger partial charge in [0, 0.05) is 23.8 Å². The first-order valence-electron chi connectivity index (χ1n) is 9.53. The van der Waals surface area contributed by atoms with Crippen LogP contribution in [-0.2, 0) is 22.6 Å². The number of amides is 4. The lowest BCUT2D eigenvalue weighted by atomic mass is 10.1. The first-order valence-corrected chi connectivity index (χ1v) is 10.4. The number of nitrogens with one attached hydrogen (secondary N) is 1. The van der Waals surface area contributed by atoms with Gasteiger partial charge in [0.25, 0.3) is 11.8 Å². The maximum atomic E-state index is 12.8. The molecule has 148 valence electrons. The Labute approximate surface area is 170 Å². The minimum atomic E-state index is -0.431. The predicted molar refractivity (Wildman–Crippen MR) is 104 cm³/mol. The molecular formula is C20H18N4O4S. The molecule has 0 spiro atoms. The van der Waals surface area contributed by atoms with Gasteiger partial charge >= 0.3 is 0 Å². The summed E-state index contributed by atoms with van der Waals surface area (Å²) in [6.45, 7) is 0.564. The van der Waals surface area contributed by atoms with Crippen molar-refractivity contribution < 1.29 is 19.2 Å². The van der Waals surface area contributed by atoms with Gasteiger partial charge in [0.2, 0.25) is 11.8 Å². The zero-order valence-corrected chi connectivity index (χ0v) is 16.3. The summed E-state index contributed by atoms with van der Waals surface area (Å²) in [7, 11) is 0. The van der Waals surface area contributed by atoms with Crippen LogP contribution < -0.4 is 5.32 Å². The topological polar surface area (TPSA) is 99.7 Å². The fraction of sp³-hybridized carbons (Fsp3) is 0.350. The van der Waals surface area contributed by atoms with E-state index in [1.807, 2.05) is 0 Å². The highest BCUT2D eigenvalue weighted by molar-refractivity contribution is 7.15. The van der Waals surface area contributed by atoms with Crippen molar-refractivity contribution in [1.29, 1.82) is 0 Å². The molecule has 5 rings (SSSR count). The molecule has 1 aromatic heterocycles. The van der Waals surface area contributed by atoms with Crippen LogP contribution in [0.1, 0.15) is 44.1 Å². The quantitative estimate of drug-likeness (QED) is 0.773.